The van der Waals surface area contributed by atoms with Crippen LogP contribution in [0, 0.1) is 0 Å². The molecule has 1 aromatic carbocycles. The number of benzene rings is 1. The molecule has 0 saturated carbocycles. The van der Waals surface area contributed by atoms with E-state index in [0.29, 0.717) is 17.9 Å². The Morgan fingerprint density at radius 2 is 2.17 bits per heavy atom. The number of ether oxygens (including phenoxy) is 2. The van der Waals surface area contributed by atoms with Gasteiger partial charge in [0.25, 0.3) is 0 Å². The summed E-state index contributed by atoms with van der Waals surface area (Å²) < 4.78 is 10.7. The standard InChI is InChI=1S/C17H16N2O4/c1-21-17(20)12-6-3-5-11(9-12)15-10-14(19-22-2)13-7-4-8-18-16(13)23-15/h3-9,15H,10H2,1-2H3. The summed E-state index contributed by atoms with van der Waals surface area (Å²) in [6.45, 7) is 0. The molecule has 118 valence electrons. The summed E-state index contributed by atoms with van der Waals surface area (Å²) in [4.78, 5) is 20.9. The normalized spacial score (nSPS) is 18.0. The van der Waals surface area contributed by atoms with Gasteiger partial charge in [-0.3, -0.25) is 0 Å². The van der Waals surface area contributed by atoms with E-state index in [1.54, 1.807) is 24.4 Å². The van der Waals surface area contributed by atoms with Gasteiger partial charge in [0.05, 0.1) is 23.9 Å². The summed E-state index contributed by atoms with van der Waals surface area (Å²) in [5.41, 5.74) is 2.91. The monoisotopic (exact) mass is 312 g/mol. The summed E-state index contributed by atoms with van der Waals surface area (Å²) >= 11 is 0. The summed E-state index contributed by atoms with van der Waals surface area (Å²) in [5, 5.41) is 4.08. The first kappa shape index (κ1) is 15.0. The molecule has 1 aliphatic rings. The number of rotatable bonds is 3. The van der Waals surface area contributed by atoms with Crippen LogP contribution < -0.4 is 4.74 Å². The van der Waals surface area contributed by atoms with Crippen LogP contribution in [-0.2, 0) is 9.57 Å². The van der Waals surface area contributed by atoms with Crippen molar-refractivity contribution >= 4 is 11.7 Å². The molecule has 2 aromatic rings. The van der Waals surface area contributed by atoms with Gasteiger partial charge >= 0.3 is 5.97 Å². The molecule has 6 heteroatoms. The summed E-state index contributed by atoms with van der Waals surface area (Å²) in [7, 11) is 2.86. The van der Waals surface area contributed by atoms with E-state index in [9.17, 15) is 4.79 Å². The van der Waals surface area contributed by atoms with E-state index in [0.717, 1.165) is 16.8 Å². The second-order valence-corrected chi connectivity index (χ2v) is 5.00. The number of oxime groups is 1. The van der Waals surface area contributed by atoms with Crippen LogP contribution in [0.1, 0.15) is 34.0 Å². The Hall–Kier alpha value is -2.89. The fourth-order valence-corrected chi connectivity index (χ4v) is 2.53. The van der Waals surface area contributed by atoms with Crippen LogP contribution in [0.4, 0.5) is 0 Å². The summed E-state index contributed by atoms with van der Waals surface area (Å²) in [6, 6.07) is 10.9. The number of carbonyl (C=O) groups excluding carboxylic acids is 1. The Morgan fingerprint density at radius 3 is 2.96 bits per heavy atom. The largest absolute Gasteiger partial charge is 0.469 e. The van der Waals surface area contributed by atoms with Crippen LogP contribution in [0.3, 0.4) is 0 Å². The molecule has 23 heavy (non-hydrogen) atoms. The van der Waals surface area contributed by atoms with Crippen LogP contribution in [-0.4, -0.2) is 30.9 Å². The van der Waals surface area contributed by atoms with Crippen LogP contribution in [0.25, 0.3) is 0 Å². The maximum atomic E-state index is 11.7. The highest BCUT2D eigenvalue weighted by molar-refractivity contribution is 6.03. The van der Waals surface area contributed by atoms with Crippen LogP contribution >= 0.6 is 0 Å². The van der Waals surface area contributed by atoms with Crippen molar-refractivity contribution in [3.63, 3.8) is 0 Å². The molecule has 0 aliphatic carbocycles. The van der Waals surface area contributed by atoms with E-state index in [1.165, 1.54) is 14.2 Å². The third-order valence-electron chi connectivity index (χ3n) is 3.60. The molecular weight excluding hydrogens is 296 g/mol. The number of nitrogens with zero attached hydrogens (tertiary/aromatic N) is 2. The maximum absolute atomic E-state index is 11.7. The van der Waals surface area contributed by atoms with Crippen molar-refractivity contribution in [1.29, 1.82) is 0 Å². The maximum Gasteiger partial charge on any atom is 0.337 e. The van der Waals surface area contributed by atoms with E-state index in [1.807, 2.05) is 18.2 Å². The molecule has 1 atom stereocenters. The zero-order chi connectivity index (χ0) is 16.2. The predicted molar refractivity (Wildman–Crippen MR) is 83.6 cm³/mol. The molecule has 2 heterocycles. The Labute approximate surface area is 133 Å². The molecule has 1 aromatic heterocycles. The van der Waals surface area contributed by atoms with Crippen molar-refractivity contribution < 1.29 is 19.1 Å². The zero-order valence-corrected chi connectivity index (χ0v) is 12.9. The second-order valence-electron chi connectivity index (χ2n) is 5.00. The van der Waals surface area contributed by atoms with Crippen molar-refractivity contribution in [1.82, 2.24) is 4.98 Å². The average Bonchev–Trinajstić information content (AvgIpc) is 2.61. The lowest BCUT2D eigenvalue weighted by Crippen LogP contribution is -2.22. The van der Waals surface area contributed by atoms with Gasteiger partial charge in [-0.1, -0.05) is 17.3 Å². The number of pyridine rings is 1. The molecule has 3 rings (SSSR count). The number of carbonyl (C=O) groups is 1. The molecule has 1 aliphatic heterocycles. The van der Waals surface area contributed by atoms with Crippen LogP contribution in [0.2, 0.25) is 0 Å². The van der Waals surface area contributed by atoms with Gasteiger partial charge in [-0.25, -0.2) is 9.78 Å². The highest BCUT2D eigenvalue weighted by Gasteiger charge is 2.28. The molecule has 0 fully saturated rings. The lowest BCUT2D eigenvalue weighted by Gasteiger charge is -2.26. The van der Waals surface area contributed by atoms with Gasteiger partial charge in [0.15, 0.2) is 0 Å². The van der Waals surface area contributed by atoms with Gasteiger partial charge in [-0.2, -0.15) is 0 Å². The van der Waals surface area contributed by atoms with E-state index in [2.05, 4.69) is 10.1 Å². The molecule has 1 unspecified atom stereocenters. The van der Waals surface area contributed by atoms with Crippen molar-refractivity contribution in [3.8, 4) is 5.88 Å². The summed E-state index contributed by atoms with van der Waals surface area (Å²) in [6.07, 6.45) is 1.89. The third-order valence-corrected chi connectivity index (χ3v) is 3.60. The molecule has 0 saturated heterocycles. The number of fused-ring (bicyclic) bond motifs is 1. The summed E-state index contributed by atoms with van der Waals surface area (Å²) in [5.74, 6) is 0.120. The number of esters is 1. The van der Waals surface area contributed by atoms with E-state index >= 15 is 0 Å². The number of hydrogen-bond acceptors (Lipinski definition) is 6. The van der Waals surface area contributed by atoms with Crippen molar-refractivity contribution in [3.05, 3.63) is 59.3 Å². The number of methoxy groups -OCH3 is 1. The molecule has 0 radical (unpaired) electrons. The molecule has 6 nitrogen and oxygen atoms in total. The minimum absolute atomic E-state index is 0.295. The minimum Gasteiger partial charge on any atom is -0.469 e. The first-order valence-electron chi connectivity index (χ1n) is 7.13. The molecule has 0 N–H and O–H groups in total. The van der Waals surface area contributed by atoms with Crippen LogP contribution in [0.15, 0.2) is 47.8 Å². The van der Waals surface area contributed by atoms with Gasteiger partial charge in [0, 0.05) is 12.6 Å². The van der Waals surface area contributed by atoms with Gasteiger partial charge in [-0.05, 0) is 29.8 Å². The fourth-order valence-electron chi connectivity index (χ4n) is 2.53. The van der Waals surface area contributed by atoms with E-state index in [-0.39, 0.29) is 12.1 Å². The van der Waals surface area contributed by atoms with Gasteiger partial charge in [-0.15, -0.1) is 0 Å². The zero-order valence-electron chi connectivity index (χ0n) is 12.9. The fraction of sp³-hybridized carbons (Fsp3) is 0.235. The Bertz CT molecular complexity index is 758. The minimum atomic E-state index is -0.382. The number of hydrogen-bond donors (Lipinski definition) is 0. The van der Waals surface area contributed by atoms with Gasteiger partial charge in [0.1, 0.15) is 13.2 Å². The highest BCUT2D eigenvalue weighted by atomic mass is 16.6. The van der Waals surface area contributed by atoms with E-state index < -0.39 is 0 Å². The predicted octanol–water partition coefficient (Wildman–Crippen LogP) is 2.74. The Morgan fingerprint density at radius 1 is 1.30 bits per heavy atom. The molecule has 0 spiro atoms. The van der Waals surface area contributed by atoms with E-state index in [4.69, 9.17) is 14.3 Å². The topological polar surface area (TPSA) is 70.0 Å². The average molecular weight is 312 g/mol. The quantitative estimate of drug-likeness (QED) is 0.644. The molecule has 0 amide bonds. The second kappa shape index (κ2) is 6.48. The van der Waals surface area contributed by atoms with Crippen LogP contribution in [0.5, 0.6) is 5.88 Å². The van der Waals surface area contributed by atoms with Crippen molar-refractivity contribution in [2.24, 2.45) is 5.16 Å². The Kier molecular flexibility index (Phi) is 4.23. The van der Waals surface area contributed by atoms with Gasteiger partial charge in [0.2, 0.25) is 5.88 Å². The lowest BCUT2D eigenvalue weighted by molar-refractivity contribution is 0.0600. The van der Waals surface area contributed by atoms with Gasteiger partial charge < -0.3 is 14.3 Å². The first-order chi connectivity index (χ1) is 11.2. The van der Waals surface area contributed by atoms with Crippen molar-refractivity contribution in [2.45, 2.75) is 12.5 Å². The van der Waals surface area contributed by atoms with Crippen molar-refractivity contribution in [2.75, 3.05) is 14.2 Å². The first-order valence-corrected chi connectivity index (χ1v) is 7.13. The molecular formula is C17H16N2O4. The third kappa shape index (κ3) is 3.01. The Balaban J connectivity index is 1.96. The SMILES string of the molecule is CON=C1CC(c2cccc(C(=O)OC)c2)Oc2ncccc21. The highest BCUT2D eigenvalue weighted by Crippen LogP contribution is 2.34. The number of aromatic nitrogens is 1. The lowest BCUT2D eigenvalue weighted by atomic mass is 9.96. The smallest absolute Gasteiger partial charge is 0.337 e. The molecule has 0 bridgehead atoms.